The Hall–Kier alpha value is -4.00. The number of nitrogens with zero attached hydrogens (tertiary/aromatic N) is 2. The molecule has 0 bridgehead atoms. The lowest BCUT2D eigenvalue weighted by atomic mass is 10.00. The van der Waals surface area contributed by atoms with Gasteiger partial charge in [0, 0.05) is 30.8 Å². The van der Waals surface area contributed by atoms with Gasteiger partial charge in [-0.05, 0) is 62.1 Å². The summed E-state index contributed by atoms with van der Waals surface area (Å²) in [6.45, 7) is 3.94. The molecule has 2 N–H and O–H groups in total. The van der Waals surface area contributed by atoms with Gasteiger partial charge in [0.15, 0.2) is 0 Å². The molecule has 2 aromatic carbocycles. The van der Waals surface area contributed by atoms with Crippen molar-refractivity contribution >= 4 is 29.2 Å². The van der Waals surface area contributed by atoms with Crippen molar-refractivity contribution in [1.82, 2.24) is 10.3 Å². The van der Waals surface area contributed by atoms with E-state index < -0.39 is 6.04 Å². The lowest BCUT2D eigenvalue weighted by molar-refractivity contribution is -0.127. The van der Waals surface area contributed by atoms with Gasteiger partial charge in [-0.2, -0.15) is 0 Å². The number of hydrogen-bond acceptors (Lipinski definition) is 4. The third-order valence-electron chi connectivity index (χ3n) is 6.65. The Labute approximate surface area is 218 Å². The van der Waals surface area contributed by atoms with Crippen LogP contribution < -0.4 is 15.5 Å². The zero-order valence-corrected chi connectivity index (χ0v) is 21.4. The zero-order chi connectivity index (χ0) is 26.2. The Kier molecular flexibility index (Phi) is 8.67. The fraction of sp³-hybridized carbons (Fsp3) is 0.333. The molecular formula is C30H34N4O3. The molecule has 37 heavy (non-hydrogen) atoms. The second-order valence-corrected chi connectivity index (χ2v) is 9.67. The molecule has 0 radical (unpaired) electrons. The fourth-order valence-electron chi connectivity index (χ4n) is 4.71. The summed E-state index contributed by atoms with van der Waals surface area (Å²) in [6, 6.07) is 19.8. The molecule has 1 fully saturated rings. The van der Waals surface area contributed by atoms with E-state index in [0.717, 1.165) is 42.4 Å². The molecule has 1 aliphatic carbocycles. The van der Waals surface area contributed by atoms with E-state index in [2.05, 4.69) is 15.6 Å². The summed E-state index contributed by atoms with van der Waals surface area (Å²) in [5.41, 5.74) is 3.40. The number of carbonyl (C=O) groups is 3. The molecule has 4 rings (SSSR count). The first-order valence-electron chi connectivity index (χ1n) is 12.9. The Morgan fingerprint density at radius 1 is 0.919 bits per heavy atom. The molecule has 1 atom stereocenters. The van der Waals surface area contributed by atoms with Crippen LogP contribution in [0.15, 0.2) is 72.9 Å². The number of aryl methyl sites for hydroxylation is 2. The van der Waals surface area contributed by atoms with Crippen molar-refractivity contribution in [3.8, 4) is 0 Å². The monoisotopic (exact) mass is 498 g/mol. The topological polar surface area (TPSA) is 91.4 Å². The van der Waals surface area contributed by atoms with E-state index >= 15 is 0 Å². The second-order valence-electron chi connectivity index (χ2n) is 9.67. The lowest BCUT2D eigenvalue weighted by Gasteiger charge is -2.32. The maximum atomic E-state index is 13.8. The smallest absolute Gasteiger partial charge is 0.248 e. The van der Waals surface area contributed by atoms with E-state index in [-0.39, 0.29) is 36.6 Å². The van der Waals surface area contributed by atoms with Crippen LogP contribution in [0.5, 0.6) is 0 Å². The number of pyridine rings is 1. The Balaban J connectivity index is 1.62. The maximum absolute atomic E-state index is 13.8. The highest BCUT2D eigenvalue weighted by Gasteiger charge is 2.34. The summed E-state index contributed by atoms with van der Waals surface area (Å²) in [4.78, 5) is 45.8. The molecular weight excluding hydrogens is 464 g/mol. The second kappa shape index (κ2) is 12.3. The van der Waals surface area contributed by atoms with Gasteiger partial charge in [0.2, 0.25) is 17.7 Å². The van der Waals surface area contributed by atoms with Crippen molar-refractivity contribution in [1.29, 1.82) is 0 Å². The first kappa shape index (κ1) is 26.1. The van der Waals surface area contributed by atoms with Gasteiger partial charge >= 0.3 is 0 Å². The standard InChI is InChI=1S/C30H34N4O3/c1-21-13-15-23(16-14-21)29(30(37)32-24-9-3-4-10-24)34(25-11-7-8-22(2)20-25)28(36)18-17-27(35)33-26-12-5-6-19-31-26/h5-8,11-16,19-20,24,29H,3-4,9-10,17-18H2,1-2H3,(H,32,37)(H,31,33,35)/t29-/m1/s1. The summed E-state index contributed by atoms with van der Waals surface area (Å²) in [6.07, 6.45) is 5.58. The van der Waals surface area contributed by atoms with E-state index in [1.165, 1.54) is 0 Å². The highest BCUT2D eigenvalue weighted by molar-refractivity contribution is 6.03. The van der Waals surface area contributed by atoms with Crippen LogP contribution >= 0.6 is 0 Å². The summed E-state index contributed by atoms with van der Waals surface area (Å²) < 4.78 is 0. The summed E-state index contributed by atoms with van der Waals surface area (Å²) in [5.74, 6) is -0.375. The van der Waals surface area contributed by atoms with Crippen molar-refractivity contribution in [3.63, 3.8) is 0 Å². The van der Waals surface area contributed by atoms with E-state index in [1.807, 2.05) is 62.4 Å². The van der Waals surface area contributed by atoms with E-state index in [4.69, 9.17) is 0 Å². The van der Waals surface area contributed by atoms with Gasteiger partial charge in [-0.1, -0.05) is 60.9 Å². The van der Waals surface area contributed by atoms with Gasteiger partial charge in [0.25, 0.3) is 0 Å². The van der Waals surface area contributed by atoms with Gasteiger partial charge in [0.1, 0.15) is 11.9 Å². The number of rotatable bonds is 9. The Morgan fingerprint density at radius 2 is 1.68 bits per heavy atom. The van der Waals surface area contributed by atoms with Gasteiger partial charge in [-0.25, -0.2) is 4.98 Å². The van der Waals surface area contributed by atoms with E-state index in [0.29, 0.717) is 11.5 Å². The predicted octanol–water partition coefficient (Wildman–Crippen LogP) is 5.25. The quantitative estimate of drug-likeness (QED) is 0.422. The summed E-state index contributed by atoms with van der Waals surface area (Å²) in [5, 5.41) is 5.91. The van der Waals surface area contributed by atoms with Crippen LogP contribution in [0.1, 0.15) is 61.3 Å². The minimum atomic E-state index is -0.852. The number of aromatic nitrogens is 1. The van der Waals surface area contributed by atoms with Gasteiger partial charge in [-0.15, -0.1) is 0 Å². The van der Waals surface area contributed by atoms with Crippen LogP contribution in [-0.4, -0.2) is 28.7 Å². The third-order valence-corrected chi connectivity index (χ3v) is 6.65. The van der Waals surface area contributed by atoms with Gasteiger partial charge in [0.05, 0.1) is 0 Å². The van der Waals surface area contributed by atoms with E-state index in [1.54, 1.807) is 29.3 Å². The minimum Gasteiger partial charge on any atom is -0.351 e. The lowest BCUT2D eigenvalue weighted by Crippen LogP contribution is -2.46. The van der Waals surface area contributed by atoms with E-state index in [9.17, 15) is 14.4 Å². The average molecular weight is 499 g/mol. The molecule has 0 aliphatic heterocycles. The molecule has 1 aliphatic rings. The number of benzene rings is 2. The summed E-state index contributed by atoms with van der Waals surface area (Å²) >= 11 is 0. The van der Waals surface area contributed by atoms with Crippen LogP contribution in [0.3, 0.4) is 0 Å². The maximum Gasteiger partial charge on any atom is 0.248 e. The first-order chi connectivity index (χ1) is 17.9. The van der Waals surface area contributed by atoms with Gasteiger partial charge < -0.3 is 10.6 Å². The van der Waals surface area contributed by atoms with Crippen molar-refractivity contribution in [2.24, 2.45) is 0 Å². The third kappa shape index (κ3) is 7.03. The number of amides is 3. The van der Waals surface area contributed by atoms with Crippen LogP contribution in [0.2, 0.25) is 0 Å². The number of nitrogens with one attached hydrogen (secondary N) is 2. The van der Waals surface area contributed by atoms with Crippen molar-refractivity contribution in [2.75, 3.05) is 10.2 Å². The molecule has 1 heterocycles. The predicted molar refractivity (Wildman–Crippen MR) is 145 cm³/mol. The highest BCUT2D eigenvalue weighted by Crippen LogP contribution is 2.31. The normalized spacial score (nSPS) is 14.1. The molecule has 7 heteroatoms. The SMILES string of the molecule is Cc1ccc([C@H](C(=O)NC2CCCC2)N(C(=O)CCC(=O)Nc2ccccn2)c2cccc(C)c2)cc1. The van der Waals surface area contributed by atoms with Crippen LogP contribution in [-0.2, 0) is 14.4 Å². The van der Waals surface area contributed by atoms with Crippen molar-refractivity contribution in [2.45, 2.75) is 64.5 Å². The molecule has 7 nitrogen and oxygen atoms in total. The van der Waals surface area contributed by atoms with Crippen LogP contribution in [0.4, 0.5) is 11.5 Å². The fourth-order valence-corrected chi connectivity index (χ4v) is 4.71. The Bertz CT molecular complexity index is 1220. The number of hydrogen-bond donors (Lipinski definition) is 2. The van der Waals surface area contributed by atoms with Crippen molar-refractivity contribution in [3.05, 3.63) is 89.6 Å². The minimum absolute atomic E-state index is 0.0252. The number of anilines is 2. The first-order valence-corrected chi connectivity index (χ1v) is 12.9. The number of carbonyl (C=O) groups excluding carboxylic acids is 3. The summed E-state index contributed by atoms with van der Waals surface area (Å²) in [7, 11) is 0. The zero-order valence-electron chi connectivity index (χ0n) is 21.4. The largest absolute Gasteiger partial charge is 0.351 e. The molecule has 192 valence electrons. The molecule has 3 aromatic rings. The molecule has 0 unspecified atom stereocenters. The average Bonchev–Trinajstić information content (AvgIpc) is 3.40. The molecule has 1 aromatic heterocycles. The highest BCUT2D eigenvalue weighted by atomic mass is 16.2. The molecule has 3 amide bonds. The van der Waals surface area contributed by atoms with Gasteiger partial charge in [-0.3, -0.25) is 19.3 Å². The molecule has 0 saturated heterocycles. The molecule has 1 saturated carbocycles. The van der Waals surface area contributed by atoms with Crippen molar-refractivity contribution < 1.29 is 14.4 Å². The van der Waals surface area contributed by atoms with Crippen LogP contribution in [0, 0.1) is 13.8 Å². The molecule has 0 spiro atoms. The van der Waals surface area contributed by atoms with Crippen LogP contribution in [0.25, 0.3) is 0 Å². The Morgan fingerprint density at radius 3 is 2.35 bits per heavy atom.